The number of hydrogen-bond acceptors (Lipinski definition) is 5. The molecule has 5 rings (SSSR count). The summed E-state index contributed by atoms with van der Waals surface area (Å²) in [6, 6.07) is 12.5. The molecular formula is C28H35N3O4S. The summed E-state index contributed by atoms with van der Waals surface area (Å²) in [5.41, 5.74) is 0.668. The molecule has 0 aliphatic carbocycles. The van der Waals surface area contributed by atoms with E-state index in [1.807, 2.05) is 56.3 Å². The van der Waals surface area contributed by atoms with E-state index in [0.29, 0.717) is 18.5 Å². The Bertz CT molecular complexity index is 1220. The van der Waals surface area contributed by atoms with Crippen molar-refractivity contribution in [3.8, 4) is 0 Å². The molecule has 36 heavy (non-hydrogen) atoms. The molecule has 2 aromatic carbocycles. The number of amides is 3. The molecule has 3 saturated heterocycles. The van der Waals surface area contributed by atoms with E-state index in [1.165, 1.54) is 0 Å². The van der Waals surface area contributed by atoms with Crippen molar-refractivity contribution < 1.29 is 19.5 Å². The van der Waals surface area contributed by atoms with Crippen LogP contribution in [0, 0.1) is 17.8 Å². The van der Waals surface area contributed by atoms with Gasteiger partial charge in [-0.1, -0.05) is 44.2 Å². The van der Waals surface area contributed by atoms with Crippen LogP contribution in [0.2, 0.25) is 0 Å². The Kier molecular flexibility index (Phi) is 6.32. The summed E-state index contributed by atoms with van der Waals surface area (Å²) in [6.45, 7) is 5.92. The Morgan fingerprint density at radius 1 is 1.14 bits per heavy atom. The summed E-state index contributed by atoms with van der Waals surface area (Å²) in [7, 11) is 1.60. The number of likely N-dealkylation sites (tertiary alicyclic amines) is 1. The van der Waals surface area contributed by atoms with Gasteiger partial charge in [0.05, 0.1) is 29.2 Å². The number of hydrogen-bond donors (Lipinski definition) is 3. The fourth-order valence-corrected chi connectivity index (χ4v) is 9.25. The van der Waals surface area contributed by atoms with Crippen LogP contribution in [0.15, 0.2) is 42.5 Å². The van der Waals surface area contributed by atoms with E-state index in [2.05, 4.69) is 17.6 Å². The van der Waals surface area contributed by atoms with E-state index in [4.69, 9.17) is 0 Å². The van der Waals surface area contributed by atoms with Gasteiger partial charge < -0.3 is 20.6 Å². The van der Waals surface area contributed by atoms with E-state index >= 15 is 0 Å². The zero-order chi connectivity index (χ0) is 25.8. The maximum Gasteiger partial charge on any atom is 0.248 e. The van der Waals surface area contributed by atoms with Crippen molar-refractivity contribution in [2.75, 3.05) is 19.0 Å². The van der Waals surface area contributed by atoms with Crippen LogP contribution in [0.25, 0.3) is 10.8 Å². The number of anilines is 1. The van der Waals surface area contributed by atoms with Gasteiger partial charge in [0.25, 0.3) is 0 Å². The number of benzene rings is 2. The van der Waals surface area contributed by atoms with E-state index in [9.17, 15) is 19.5 Å². The molecule has 0 radical (unpaired) electrons. The summed E-state index contributed by atoms with van der Waals surface area (Å²) in [6.07, 6.45) is 2.03. The predicted molar refractivity (Wildman–Crippen MR) is 143 cm³/mol. The summed E-state index contributed by atoms with van der Waals surface area (Å²) >= 11 is 1.64. The molecule has 6 atom stereocenters. The van der Waals surface area contributed by atoms with Crippen LogP contribution in [-0.4, -0.2) is 63.0 Å². The first-order valence-electron chi connectivity index (χ1n) is 12.8. The number of nitrogens with one attached hydrogen (secondary N) is 2. The second kappa shape index (κ2) is 9.06. The van der Waals surface area contributed by atoms with Crippen molar-refractivity contribution in [2.45, 2.75) is 61.6 Å². The van der Waals surface area contributed by atoms with Crippen LogP contribution >= 0.6 is 11.8 Å². The Morgan fingerprint density at radius 3 is 2.53 bits per heavy atom. The van der Waals surface area contributed by atoms with Gasteiger partial charge in [0.2, 0.25) is 17.7 Å². The van der Waals surface area contributed by atoms with Gasteiger partial charge in [-0.25, -0.2) is 0 Å². The first-order chi connectivity index (χ1) is 17.1. The minimum atomic E-state index is -0.765. The van der Waals surface area contributed by atoms with Crippen LogP contribution in [0.5, 0.6) is 0 Å². The quantitative estimate of drug-likeness (QED) is 0.531. The first-order valence-corrected chi connectivity index (χ1v) is 13.6. The molecule has 3 heterocycles. The van der Waals surface area contributed by atoms with Gasteiger partial charge in [-0.15, -0.1) is 11.8 Å². The van der Waals surface area contributed by atoms with E-state index in [-0.39, 0.29) is 30.2 Å². The Balaban J connectivity index is 1.56. The van der Waals surface area contributed by atoms with Crippen molar-refractivity contribution in [3.63, 3.8) is 0 Å². The van der Waals surface area contributed by atoms with Gasteiger partial charge in [0.1, 0.15) is 6.04 Å². The number of nitrogens with zero attached hydrogens (tertiary/aromatic N) is 1. The third kappa shape index (κ3) is 3.72. The van der Waals surface area contributed by atoms with Gasteiger partial charge >= 0.3 is 0 Å². The van der Waals surface area contributed by atoms with Crippen molar-refractivity contribution in [1.29, 1.82) is 0 Å². The monoisotopic (exact) mass is 509 g/mol. The van der Waals surface area contributed by atoms with Gasteiger partial charge in [-0.3, -0.25) is 14.4 Å². The van der Waals surface area contributed by atoms with E-state index in [1.54, 1.807) is 23.7 Å². The molecule has 2 aromatic rings. The third-order valence-electron chi connectivity index (χ3n) is 8.36. The van der Waals surface area contributed by atoms with Crippen molar-refractivity contribution in [2.24, 2.45) is 17.8 Å². The number of rotatable bonds is 7. The first kappa shape index (κ1) is 25.1. The average Bonchev–Trinajstić information content (AvgIpc) is 3.42. The summed E-state index contributed by atoms with van der Waals surface area (Å²) in [4.78, 5) is 42.9. The van der Waals surface area contributed by atoms with Gasteiger partial charge in [-0.2, -0.15) is 0 Å². The fourth-order valence-electron chi connectivity index (χ4n) is 6.91. The summed E-state index contributed by atoms with van der Waals surface area (Å²) in [5, 5.41) is 18.3. The number of fused-ring (bicyclic) bond motifs is 2. The van der Waals surface area contributed by atoms with Crippen molar-refractivity contribution in [3.05, 3.63) is 42.5 Å². The Hall–Kier alpha value is -2.58. The lowest BCUT2D eigenvalue weighted by Crippen LogP contribution is -2.55. The zero-order valence-corrected chi connectivity index (χ0v) is 22.1. The van der Waals surface area contributed by atoms with Gasteiger partial charge in [0.15, 0.2) is 0 Å². The zero-order valence-electron chi connectivity index (χ0n) is 21.3. The summed E-state index contributed by atoms with van der Waals surface area (Å²) < 4.78 is -1.10. The van der Waals surface area contributed by atoms with E-state index < -0.39 is 33.4 Å². The minimum absolute atomic E-state index is 0.148. The molecule has 3 N–H and O–H groups in total. The molecule has 3 aliphatic rings. The standard InChI is InChI=1S/C28H35N3O4S/c1-16(2)13-20(15-32)31-23(25(34)30-19-10-9-17-7-5-6-8-18(17)14-19)28-12-11-27(3,36-28)21(24(33)29-4)22(28)26(31)35/h5-10,14,16,20-23,32H,11-13,15H2,1-4H3,(H,29,33)(H,30,34)/t20-,21-,22+,23?,27+,28?/m1/s1. The molecule has 0 saturated carbocycles. The Labute approximate surface area is 216 Å². The number of aliphatic hydroxyl groups excluding tert-OH is 1. The van der Waals surface area contributed by atoms with Crippen LogP contribution in [0.3, 0.4) is 0 Å². The van der Waals surface area contributed by atoms with Crippen LogP contribution in [0.4, 0.5) is 5.69 Å². The lowest BCUT2D eigenvalue weighted by atomic mass is 9.66. The summed E-state index contributed by atoms with van der Waals surface area (Å²) in [5.74, 6) is -1.45. The molecule has 0 aromatic heterocycles. The molecule has 7 nitrogen and oxygen atoms in total. The smallest absolute Gasteiger partial charge is 0.248 e. The van der Waals surface area contributed by atoms with Crippen LogP contribution in [0.1, 0.15) is 40.0 Å². The molecule has 3 amide bonds. The lowest BCUT2D eigenvalue weighted by Gasteiger charge is -2.37. The maximum absolute atomic E-state index is 14.1. The predicted octanol–water partition coefficient (Wildman–Crippen LogP) is 3.41. The van der Waals surface area contributed by atoms with Crippen molar-refractivity contribution in [1.82, 2.24) is 10.2 Å². The second-order valence-electron chi connectivity index (χ2n) is 11.1. The minimum Gasteiger partial charge on any atom is -0.394 e. The molecular weight excluding hydrogens is 474 g/mol. The van der Waals surface area contributed by atoms with Crippen LogP contribution < -0.4 is 10.6 Å². The molecule has 2 bridgehead atoms. The van der Waals surface area contributed by atoms with E-state index in [0.717, 1.165) is 17.2 Å². The highest BCUT2D eigenvalue weighted by atomic mass is 32.2. The highest BCUT2D eigenvalue weighted by molar-refractivity contribution is 8.02. The molecule has 8 heteroatoms. The number of carbonyl (C=O) groups is 3. The topological polar surface area (TPSA) is 98.7 Å². The van der Waals surface area contributed by atoms with Crippen molar-refractivity contribution >= 4 is 45.9 Å². The highest BCUT2D eigenvalue weighted by Crippen LogP contribution is 2.71. The molecule has 3 aliphatic heterocycles. The Morgan fingerprint density at radius 2 is 1.86 bits per heavy atom. The fraction of sp³-hybridized carbons (Fsp3) is 0.536. The largest absolute Gasteiger partial charge is 0.394 e. The molecule has 2 unspecified atom stereocenters. The molecule has 192 valence electrons. The highest BCUT2D eigenvalue weighted by Gasteiger charge is 2.77. The SMILES string of the molecule is CNC(=O)[C@H]1[C@H]2C(=O)N([C@@H](CO)CC(C)C)C(C(=O)Nc3ccc4ccccc4c3)C23CC[C@]1(C)S3. The van der Waals surface area contributed by atoms with Gasteiger partial charge in [0, 0.05) is 17.5 Å². The normalized spacial score (nSPS) is 31.7. The number of aliphatic hydroxyl groups is 1. The molecule has 1 spiro atoms. The second-order valence-corrected chi connectivity index (χ2v) is 13.0. The third-order valence-corrected chi connectivity index (χ3v) is 10.3. The maximum atomic E-state index is 14.1. The molecule has 3 fully saturated rings. The van der Waals surface area contributed by atoms with Crippen LogP contribution in [-0.2, 0) is 14.4 Å². The number of thioether (sulfide) groups is 1. The average molecular weight is 510 g/mol. The van der Waals surface area contributed by atoms with Gasteiger partial charge in [-0.05, 0) is 55.0 Å². The lowest BCUT2D eigenvalue weighted by molar-refractivity contribution is -0.142. The number of carbonyl (C=O) groups excluding carboxylic acids is 3.